The molecule has 0 radical (unpaired) electrons. The molecule has 8 nitrogen and oxygen atoms in total. The molecule has 2 unspecified atom stereocenters. The lowest BCUT2D eigenvalue weighted by Gasteiger charge is -2.44. The Morgan fingerprint density at radius 3 is 2.70 bits per heavy atom. The Kier molecular flexibility index (Phi) is 6.82. The molecule has 3 atom stereocenters. The molecule has 10 heteroatoms. The maximum Gasteiger partial charge on any atom is 0.182 e. The maximum absolute atomic E-state index is 13.2. The lowest BCUT2D eigenvalue weighted by atomic mass is 9.73. The van der Waals surface area contributed by atoms with Gasteiger partial charge in [-0.3, -0.25) is 0 Å². The lowest BCUT2D eigenvalue weighted by molar-refractivity contribution is -0.0372. The van der Waals surface area contributed by atoms with Gasteiger partial charge in [-0.15, -0.1) is 0 Å². The van der Waals surface area contributed by atoms with E-state index in [2.05, 4.69) is 56.5 Å². The van der Waals surface area contributed by atoms with E-state index in [4.69, 9.17) is 19.8 Å². The summed E-state index contributed by atoms with van der Waals surface area (Å²) in [5, 5.41) is 4.74. The average molecular weight is 635 g/mol. The molecule has 2 aliphatic heterocycles. The number of fused-ring (bicyclic) bond motifs is 2. The van der Waals surface area contributed by atoms with E-state index in [0.29, 0.717) is 0 Å². The number of hydrogen-bond donors (Lipinski definition) is 1. The number of nitrogens with one attached hydrogen (secondary N) is 1. The van der Waals surface area contributed by atoms with Gasteiger partial charge in [0.1, 0.15) is 11.3 Å². The number of ether oxygens (including phenoxy) is 1. The zero-order chi connectivity index (χ0) is 25.8. The van der Waals surface area contributed by atoms with E-state index >= 15 is 0 Å². The molecule has 4 heterocycles. The first-order valence-corrected chi connectivity index (χ1v) is 15.5. The number of anilines is 1. The summed E-state index contributed by atoms with van der Waals surface area (Å²) in [6.45, 7) is 8.64. The van der Waals surface area contributed by atoms with Crippen LogP contribution in [0.2, 0.25) is 0 Å². The molecule has 6 rings (SSSR count). The third-order valence-corrected chi connectivity index (χ3v) is 10.5. The number of piperidine rings is 1. The largest absolute Gasteiger partial charge is 0.356 e. The van der Waals surface area contributed by atoms with Crippen LogP contribution < -0.4 is 9.62 Å². The van der Waals surface area contributed by atoms with Crippen LogP contribution in [-0.4, -0.2) is 48.4 Å². The van der Waals surface area contributed by atoms with Gasteiger partial charge >= 0.3 is 0 Å². The summed E-state index contributed by atoms with van der Waals surface area (Å²) in [5.74, 6) is 0.897. The molecule has 3 aromatic rings. The second-order valence-electron chi connectivity index (χ2n) is 11.6. The van der Waals surface area contributed by atoms with Crippen molar-refractivity contribution in [2.75, 3.05) is 24.6 Å². The molecule has 0 saturated carbocycles. The lowest BCUT2D eigenvalue weighted by Crippen LogP contribution is -2.48. The summed E-state index contributed by atoms with van der Waals surface area (Å²) in [7, 11) is -1.13. The van der Waals surface area contributed by atoms with Gasteiger partial charge < -0.3 is 9.64 Å². The minimum absolute atomic E-state index is 0.0473. The molecule has 3 aliphatic rings. The van der Waals surface area contributed by atoms with Gasteiger partial charge in [0.25, 0.3) is 0 Å². The maximum atomic E-state index is 13.2. The first kappa shape index (κ1) is 25.6. The van der Waals surface area contributed by atoms with E-state index in [1.54, 1.807) is 0 Å². The number of rotatable bonds is 4. The highest BCUT2D eigenvalue weighted by Crippen LogP contribution is 2.52. The van der Waals surface area contributed by atoms with Gasteiger partial charge in [-0.2, -0.15) is 5.10 Å². The van der Waals surface area contributed by atoms with Crippen molar-refractivity contribution in [2.24, 2.45) is 5.41 Å². The van der Waals surface area contributed by atoms with Crippen LogP contribution in [0.4, 0.5) is 5.82 Å². The van der Waals surface area contributed by atoms with E-state index in [-0.39, 0.29) is 22.4 Å². The van der Waals surface area contributed by atoms with E-state index in [1.165, 1.54) is 11.1 Å². The number of benzene rings is 1. The molecule has 2 fully saturated rings. The minimum Gasteiger partial charge on any atom is -0.356 e. The Labute approximate surface area is 234 Å². The first-order chi connectivity index (χ1) is 17.7. The molecule has 1 N–H and O–H groups in total. The smallest absolute Gasteiger partial charge is 0.182 e. The van der Waals surface area contributed by atoms with Crippen molar-refractivity contribution in [2.45, 2.75) is 76.3 Å². The van der Waals surface area contributed by atoms with E-state index in [9.17, 15) is 4.21 Å². The Bertz CT molecular complexity index is 1320. The molecular weight excluding hydrogens is 599 g/mol. The molecule has 198 valence electrons. The summed E-state index contributed by atoms with van der Waals surface area (Å²) in [5.41, 5.74) is 4.38. The van der Waals surface area contributed by atoms with Gasteiger partial charge in [0.05, 0.1) is 28.0 Å². The van der Waals surface area contributed by atoms with Crippen molar-refractivity contribution in [1.29, 1.82) is 0 Å². The Morgan fingerprint density at radius 1 is 1.19 bits per heavy atom. The van der Waals surface area contributed by atoms with Crippen LogP contribution in [-0.2, 0) is 22.1 Å². The summed E-state index contributed by atoms with van der Waals surface area (Å²) in [6.07, 6.45) is 8.04. The molecule has 37 heavy (non-hydrogen) atoms. The van der Waals surface area contributed by atoms with Gasteiger partial charge in [-0.25, -0.2) is 23.6 Å². The van der Waals surface area contributed by atoms with Crippen LogP contribution in [0, 0.1) is 9.12 Å². The fraction of sp³-hybridized carbons (Fsp3) is 0.593. The van der Waals surface area contributed by atoms with E-state index < -0.39 is 11.0 Å². The SMILES string of the molecule is CC(C)(C)S(=O)N[C@@H]1c2ccccc2CC12CCN(c1cnc3c(I)nn(C4CCCCO4)c3n1)CC2. The third kappa shape index (κ3) is 4.72. The van der Waals surface area contributed by atoms with E-state index in [0.717, 1.165) is 78.9 Å². The highest BCUT2D eigenvalue weighted by molar-refractivity contribution is 14.1. The summed E-state index contributed by atoms with van der Waals surface area (Å²) in [6, 6.07) is 8.76. The molecule has 1 spiro atoms. The topological polar surface area (TPSA) is 85.2 Å². The van der Waals surface area contributed by atoms with Crippen LogP contribution >= 0.6 is 22.6 Å². The van der Waals surface area contributed by atoms with Gasteiger partial charge in [0, 0.05) is 19.7 Å². The van der Waals surface area contributed by atoms with Crippen LogP contribution in [0.15, 0.2) is 30.5 Å². The van der Waals surface area contributed by atoms with Gasteiger partial charge in [-0.05, 0) is 98.4 Å². The number of hydrogen-bond acceptors (Lipinski definition) is 6. The summed E-state index contributed by atoms with van der Waals surface area (Å²) < 4.78 is 25.2. The van der Waals surface area contributed by atoms with Gasteiger partial charge in [0.15, 0.2) is 15.6 Å². The predicted molar refractivity (Wildman–Crippen MR) is 155 cm³/mol. The third-order valence-electron chi connectivity index (χ3n) is 8.16. The number of nitrogens with zero attached hydrogens (tertiary/aromatic N) is 5. The molecule has 2 saturated heterocycles. The second kappa shape index (κ2) is 9.84. The summed E-state index contributed by atoms with van der Waals surface area (Å²) >= 11 is 2.24. The van der Waals surface area contributed by atoms with Crippen molar-refractivity contribution < 1.29 is 8.95 Å². The van der Waals surface area contributed by atoms with E-state index in [1.807, 2.05) is 31.6 Å². The predicted octanol–water partition coefficient (Wildman–Crippen LogP) is 5.07. The van der Waals surface area contributed by atoms with Crippen molar-refractivity contribution >= 4 is 50.6 Å². The molecule has 0 amide bonds. The highest BCUT2D eigenvalue weighted by Gasteiger charge is 2.49. The fourth-order valence-electron chi connectivity index (χ4n) is 6.04. The zero-order valence-electron chi connectivity index (χ0n) is 21.7. The minimum atomic E-state index is -1.13. The highest BCUT2D eigenvalue weighted by atomic mass is 127. The standard InChI is InChI=1S/C27H35IN6O2S/c1-26(2,3)37(35)32-23-19-9-5-4-8-18(19)16-27(23)11-13-33(14-12-27)20-17-29-22-24(28)31-34(25(22)30-20)21-10-6-7-15-36-21/h4-5,8-9,17,21,23,32H,6-7,10-16H2,1-3H3/t21?,23-,37?/m1/s1. The molecule has 1 aliphatic carbocycles. The Balaban J connectivity index is 1.25. The normalized spacial score (nSPS) is 24.5. The molecule has 1 aromatic carbocycles. The van der Waals surface area contributed by atoms with Crippen LogP contribution in [0.1, 0.15) is 76.3 Å². The van der Waals surface area contributed by atoms with Crippen molar-refractivity contribution in [3.05, 3.63) is 45.3 Å². The van der Waals surface area contributed by atoms with Crippen molar-refractivity contribution in [3.63, 3.8) is 0 Å². The van der Waals surface area contributed by atoms with Gasteiger partial charge in [-0.1, -0.05) is 24.3 Å². The molecule has 0 bridgehead atoms. The molecule has 2 aromatic heterocycles. The van der Waals surface area contributed by atoms with Gasteiger partial charge in [0.2, 0.25) is 0 Å². The monoisotopic (exact) mass is 634 g/mol. The number of aromatic nitrogens is 4. The van der Waals surface area contributed by atoms with Crippen molar-refractivity contribution in [1.82, 2.24) is 24.5 Å². The van der Waals surface area contributed by atoms with Crippen LogP contribution in [0.5, 0.6) is 0 Å². The first-order valence-electron chi connectivity index (χ1n) is 13.3. The fourth-order valence-corrected chi connectivity index (χ4v) is 7.60. The number of halogens is 1. The van der Waals surface area contributed by atoms with Crippen molar-refractivity contribution in [3.8, 4) is 0 Å². The second-order valence-corrected chi connectivity index (χ2v) is 14.6. The summed E-state index contributed by atoms with van der Waals surface area (Å²) in [4.78, 5) is 12.2. The quantitative estimate of drug-likeness (QED) is 0.404. The Morgan fingerprint density at radius 2 is 1.97 bits per heavy atom. The zero-order valence-corrected chi connectivity index (χ0v) is 24.7. The molecular formula is C27H35IN6O2S. The average Bonchev–Trinajstić information content (AvgIpc) is 3.38. The Hall–Kier alpha value is -1.63. The van der Waals surface area contributed by atoms with Crippen LogP contribution in [0.3, 0.4) is 0 Å². The van der Waals surface area contributed by atoms with Crippen LogP contribution in [0.25, 0.3) is 11.2 Å².